The zero-order valence-corrected chi connectivity index (χ0v) is 10.4. The van der Waals surface area contributed by atoms with Crippen LogP contribution in [0.3, 0.4) is 0 Å². The molecule has 0 amide bonds. The van der Waals surface area contributed by atoms with Crippen LogP contribution in [-0.4, -0.2) is 30.0 Å². The van der Waals surface area contributed by atoms with E-state index < -0.39 is 13.0 Å². The summed E-state index contributed by atoms with van der Waals surface area (Å²) in [6.07, 6.45) is -0.279. The second-order valence-electron chi connectivity index (χ2n) is 4.29. The van der Waals surface area contributed by atoms with Gasteiger partial charge in [0.1, 0.15) is 0 Å². The van der Waals surface area contributed by atoms with E-state index in [0.717, 1.165) is 12.8 Å². The number of hydrogen-bond acceptors (Lipinski definition) is 3. The predicted molar refractivity (Wildman–Crippen MR) is 67.2 cm³/mol. The predicted octanol–water partition coefficient (Wildman–Crippen LogP) is 1.29. The lowest BCUT2D eigenvalue weighted by atomic mass is 10.3. The maximum absolute atomic E-state index is 12.0. The lowest BCUT2D eigenvalue weighted by Crippen LogP contribution is -2.33. The fourth-order valence-corrected chi connectivity index (χ4v) is 1.42. The summed E-state index contributed by atoms with van der Waals surface area (Å²) < 4.78 is 28.8. The minimum Gasteiger partial charge on any atom is -0.472 e. The Morgan fingerprint density at radius 3 is 3.00 bits per heavy atom. The molecule has 1 aromatic heterocycles. The molecular formula is C12H16F2N4O. The fraction of sp³-hybridized carbons (Fsp3) is 0.500. The van der Waals surface area contributed by atoms with E-state index in [4.69, 9.17) is 10.5 Å². The van der Waals surface area contributed by atoms with Gasteiger partial charge in [0, 0.05) is 12.1 Å². The standard InChI is InChI=1S/C12H16F2N4O/c13-10(14)7-19-11-3-1-2-9(17-11)6-16-12(15)18-8-4-5-8/h1-3,8,10H,4-7H2,(H3,15,16,18). The number of aromatic nitrogens is 1. The van der Waals surface area contributed by atoms with Gasteiger partial charge in [-0.15, -0.1) is 0 Å². The van der Waals surface area contributed by atoms with E-state index in [1.807, 2.05) is 0 Å². The molecule has 19 heavy (non-hydrogen) atoms. The van der Waals surface area contributed by atoms with Crippen molar-refractivity contribution in [2.75, 3.05) is 6.61 Å². The molecule has 0 radical (unpaired) electrons. The summed E-state index contributed by atoms with van der Waals surface area (Å²) in [5.74, 6) is 0.546. The molecule has 1 fully saturated rings. The highest BCUT2D eigenvalue weighted by Crippen LogP contribution is 2.18. The van der Waals surface area contributed by atoms with Crippen LogP contribution in [0.4, 0.5) is 8.78 Å². The highest BCUT2D eigenvalue weighted by atomic mass is 19.3. The molecule has 0 bridgehead atoms. The Morgan fingerprint density at radius 2 is 2.32 bits per heavy atom. The molecule has 2 rings (SSSR count). The average molecular weight is 270 g/mol. The molecule has 0 saturated heterocycles. The summed E-state index contributed by atoms with van der Waals surface area (Å²) >= 11 is 0. The second kappa shape index (κ2) is 6.31. The van der Waals surface area contributed by atoms with Crippen molar-refractivity contribution in [2.24, 2.45) is 10.7 Å². The molecule has 1 aliphatic rings. The van der Waals surface area contributed by atoms with Gasteiger partial charge in [-0.1, -0.05) is 6.07 Å². The van der Waals surface area contributed by atoms with Gasteiger partial charge in [0.2, 0.25) is 5.88 Å². The molecular weight excluding hydrogens is 254 g/mol. The van der Waals surface area contributed by atoms with Crippen LogP contribution in [0.5, 0.6) is 5.88 Å². The zero-order chi connectivity index (χ0) is 13.7. The van der Waals surface area contributed by atoms with Crippen molar-refractivity contribution in [1.29, 1.82) is 0 Å². The molecule has 104 valence electrons. The number of aliphatic imine (C=N–C) groups is 1. The minimum atomic E-state index is -2.51. The van der Waals surface area contributed by atoms with Crippen LogP contribution in [0, 0.1) is 0 Å². The second-order valence-corrected chi connectivity index (χ2v) is 4.29. The van der Waals surface area contributed by atoms with E-state index >= 15 is 0 Å². The lowest BCUT2D eigenvalue weighted by Gasteiger charge is -2.06. The van der Waals surface area contributed by atoms with E-state index in [2.05, 4.69) is 15.3 Å². The highest BCUT2D eigenvalue weighted by Gasteiger charge is 2.21. The Bertz CT molecular complexity index is 449. The van der Waals surface area contributed by atoms with Gasteiger partial charge in [-0.25, -0.2) is 18.8 Å². The first-order valence-electron chi connectivity index (χ1n) is 6.07. The van der Waals surface area contributed by atoms with Crippen molar-refractivity contribution in [1.82, 2.24) is 10.3 Å². The Balaban J connectivity index is 1.86. The van der Waals surface area contributed by atoms with Crippen molar-refractivity contribution < 1.29 is 13.5 Å². The van der Waals surface area contributed by atoms with Crippen molar-refractivity contribution >= 4 is 5.96 Å². The maximum atomic E-state index is 12.0. The van der Waals surface area contributed by atoms with E-state index in [9.17, 15) is 8.78 Å². The molecule has 1 aromatic rings. The zero-order valence-electron chi connectivity index (χ0n) is 10.4. The largest absolute Gasteiger partial charge is 0.472 e. The third kappa shape index (κ3) is 5.07. The van der Waals surface area contributed by atoms with Crippen molar-refractivity contribution in [3.8, 4) is 5.88 Å². The minimum absolute atomic E-state index is 0.168. The molecule has 5 nitrogen and oxygen atoms in total. The summed E-state index contributed by atoms with van der Waals surface area (Å²) in [7, 11) is 0. The molecule has 1 aliphatic carbocycles. The number of ether oxygens (including phenoxy) is 1. The summed E-state index contributed by atoms with van der Waals surface area (Å²) in [4.78, 5) is 8.19. The number of alkyl halides is 2. The SMILES string of the molecule is NC(=NCc1cccc(OCC(F)F)n1)NC1CC1. The van der Waals surface area contributed by atoms with Crippen LogP contribution >= 0.6 is 0 Å². The Hall–Kier alpha value is -1.92. The molecule has 1 heterocycles. The number of guanidine groups is 1. The van der Waals surface area contributed by atoms with E-state index in [1.54, 1.807) is 12.1 Å². The number of nitrogens with zero attached hydrogens (tertiary/aromatic N) is 2. The van der Waals surface area contributed by atoms with Crippen LogP contribution in [0.15, 0.2) is 23.2 Å². The molecule has 0 unspecified atom stereocenters. The van der Waals surface area contributed by atoms with Gasteiger partial charge in [0.15, 0.2) is 12.6 Å². The number of halogens is 2. The summed E-state index contributed by atoms with van der Waals surface area (Å²) in [5.41, 5.74) is 6.30. The van der Waals surface area contributed by atoms with Crippen LogP contribution in [0.1, 0.15) is 18.5 Å². The van der Waals surface area contributed by atoms with Gasteiger partial charge in [0.25, 0.3) is 6.43 Å². The topological polar surface area (TPSA) is 72.5 Å². The van der Waals surface area contributed by atoms with Crippen molar-refractivity contribution in [2.45, 2.75) is 31.9 Å². The first-order valence-corrected chi connectivity index (χ1v) is 6.07. The monoisotopic (exact) mass is 270 g/mol. The first-order chi connectivity index (χ1) is 9.13. The number of hydrogen-bond donors (Lipinski definition) is 2. The quantitative estimate of drug-likeness (QED) is 0.603. The van der Waals surface area contributed by atoms with Gasteiger partial charge >= 0.3 is 0 Å². The summed E-state index contributed by atoms with van der Waals surface area (Å²) in [6.45, 7) is -0.372. The van der Waals surface area contributed by atoms with Crippen molar-refractivity contribution in [3.05, 3.63) is 23.9 Å². The van der Waals surface area contributed by atoms with Crippen LogP contribution in [-0.2, 0) is 6.54 Å². The normalized spacial score (nSPS) is 15.6. The van der Waals surface area contributed by atoms with Crippen LogP contribution < -0.4 is 15.8 Å². The molecule has 0 aliphatic heterocycles. The molecule has 0 spiro atoms. The number of nitrogens with two attached hydrogens (primary N) is 1. The van der Waals surface area contributed by atoms with Gasteiger partial charge in [-0.3, -0.25) is 0 Å². The van der Waals surface area contributed by atoms with Gasteiger partial charge in [0.05, 0.1) is 12.2 Å². The first kappa shape index (κ1) is 13.5. The molecule has 7 heteroatoms. The Kier molecular flexibility index (Phi) is 4.48. The van der Waals surface area contributed by atoms with Crippen LogP contribution in [0.2, 0.25) is 0 Å². The average Bonchev–Trinajstić information content (AvgIpc) is 3.18. The molecule has 0 atom stereocenters. The van der Waals surface area contributed by atoms with Crippen LogP contribution in [0.25, 0.3) is 0 Å². The number of nitrogens with one attached hydrogen (secondary N) is 1. The third-order valence-electron chi connectivity index (χ3n) is 2.48. The molecule has 1 saturated carbocycles. The molecule has 3 N–H and O–H groups in total. The van der Waals surface area contributed by atoms with E-state index in [1.165, 1.54) is 6.07 Å². The summed E-state index contributed by atoms with van der Waals surface area (Å²) in [6, 6.07) is 5.39. The smallest absolute Gasteiger partial charge is 0.272 e. The number of pyridine rings is 1. The Labute approximate surface area is 109 Å². The summed E-state index contributed by atoms with van der Waals surface area (Å²) in [5, 5.41) is 3.05. The van der Waals surface area contributed by atoms with E-state index in [-0.39, 0.29) is 12.4 Å². The van der Waals surface area contributed by atoms with Crippen molar-refractivity contribution in [3.63, 3.8) is 0 Å². The Morgan fingerprint density at radius 1 is 1.53 bits per heavy atom. The van der Waals surface area contributed by atoms with E-state index in [0.29, 0.717) is 17.7 Å². The maximum Gasteiger partial charge on any atom is 0.272 e. The van der Waals surface area contributed by atoms with Gasteiger partial charge in [-0.05, 0) is 18.9 Å². The third-order valence-corrected chi connectivity index (χ3v) is 2.48. The van der Waals surface area contributed by atoms with Gasteiger partial charge in [-0.2, -0.15) is 0 Å². The highest BCUT2D eigenvalue weighted by molar-refractivity contribution is 5.78. The number of rotatable bonds is 6. The van der Waals surface area contributed by atoms with Gasteiger partial charge < -0.3 is 15.8 Å². The lowest BCUT2D eigenvalue weighted by molar-refractivity contribution is 0.0795. The molecule has 0 aromatic carbocycles. The fourth-order valence-electron chi connectivity index (χ4n) is 1.42.